The van der Waals surface area contributed by atoms with Gasteiger partial charge in [-0.05, 0) is 25.8 Å². The summed E-state index contributed by atoms with van der Waals surface area (Å²) in [4.78, 5) is 21.2. The van der Waals surface area contributed by atoms with Crippen LogP contribution in [0.25, 0.3) is 10.2 Å². The molecule has 0 atom stereocenters. The number of aromatic nitrogens is 2. The van der Waals surface area contributed by atoms with Gasteiger partial charge in [0.25, 0.3) is 5.56 Å². The van der Waals surface area contributed by atoms with E-state index in [2.05, 4.69) is 23.8 Å². The summed E-state index contributed by atoms with van der Waals surface area (Å²) in [5.41, 5.74) is 6.01. The second kappa shape index (κ2) is 5.64. The lowest BCUT2D eigenvalue weighted by Gasteiger charge is -2.25. The molecule has 2 aromatic heterocycles. The predicted molar refractivity (Wildman–Crippen MR) is 83.2 cm³/mol. The van der Waals surface area contributed by atoms with Gasteiger partial charge in [-0.2, -0.15) is 0 Å². The standard InChI is InChI=1S/C13H19N3OS2/c1-4-13(14,5-2)7-18-12-15-10(17)9-6-8(3)19-11(9)16-12/h6H,4-5,7,14H2,1-3H3,(H,15,16,17). The van der Waals surface area contributed by atoms with Crippen LogP contribution >= 0.6 is 23.1 Å². The molecule has 0 bridgehead atoms. The number of nitrogens with one attached hydrogen (secondary N) is 1. The Morgan fingerprint density at radius 3 is 2.79 bits per heavy atom. The van der Waals surface area contributed by atoms with E-state index in [0.29, 0.717) is 10.5 Å². The van der Waals surface area contributed by atoms with E-state index in [1.165, 1.54) is 11.8 Å². The molecule has 0 spiro atoms. The molecule has 0 aliphatic heterocycles. The first-order chi connectivity index (χ1) is 8.97. The van der Waals surface area contributed by atoms with Gasteiger partial charge >= 0.3 is 0 Å². The lowest BCUT2D eigenvalue weighted by Crippen LogP contribution is -2.41. The molecule has 0 amide bonds. The molecule has 0 saturated heterocycles. The van der Waals surface area contributed by atoms with Crippen molar-refractivity contribution in [1.82, 2.24) is 9.97 Å². The second-order valence-electron chi connectivity index (χ2n) is 4.81. The first-order valence-electron chi connectivity index (χ1n) is 6.39. The second-order valence-corrected chi connectivity index (χ2v) is 7.00. The van der Waals surface area contributed by atoms with Gasteiger partial charge in [0.2, 0.25) is 0 Å². The number of hydrogen-bond donors (Lipinski definition) is 2. The summed E-state index contributed by atoms with van der Waals surface area (Å²) in [6.07, 6.45) is 1.84. The average Bonchev–Trinajstić information content (AvgIpc) is 2.77. The van der Waals surface area contributed by atoms with Crippen LogP contribution < -0.4 is 11.3 Å². The maximum absolute atomic E-state index is 11.9. The van der Waals surface area contributed by atoms with E-state index in [4.69, 9.17) is 5.73 Å². The zero-order chi connectivity index (χ0) is 14.0. The quantitative estimate of drug-likeness (QED) is 0.657. The fourth-order valence-corrected chi connectivity index (χ4v) is 3.86. The third-order valence-electron chi connectivity index (χ3n) is 3.41. The number of fused-ring (bicyclic) bond motifs is 1. The van der Waals surface area contributed by atoms with Crippen LogP contribution in [0.5, 0.6) is 0 Å². The Balaban J connectivity index is 2.24. The van der Waals surface area contributed by atoms with E-state index >= 15 is 0 Å². The molecule has 0 saturated carbocycles. The van der Waals surface area contributed by atoms with Crippen LogP contribution in [0.3, 0.4) is 0 Å². The van der Waals surface area contributed by atoms with Gasteiger partial charge in [0.05, 0.1) is 5.39 Å². The molecule has 2 aromatic rings. The minimum absolute atomic E-state index is 0.0625. The largest absolute Gasteiger partial charge is 0.324 e. The van der Waals surface area contributed by atoms with Gasteiger partial charge in [0, 0.05) is 16.2 Å². The van der Waals surface area contributed by atoms with Gasteiger partial charge in [-0.15, -0.1) is 11.3 Å². The zero-order valence-corrected chi connectivity index (χ0v) is 13.1. The van der Waals surface area contributed by atoms with Crippen molar-refractivity contribution in [1.29, 1.82) is 0 Å². The predicted octanol–water partition coefficient (Wildman–Crippen LogP) is 2.90. The molecule has 6 heteroatoms. The normalized spacial score (nSPS) is 12.2. The molecule has 2 heterocycles. The number of nitrogens with zero attached hydrogens (tertiary/aromatic N) is 1. The van der Waals surface area contributed by atoms with Gasteiger partial charge in [-0.1, -0.05) is 25.6 Å². The number of thiophene rings is 1. The lowest BCUT2D eigenvalue weighted by molar-refractivity contribution is 0.446. The highest BCUT2D eigenvalue weighted by Crippen LogP contribution is 2.25. The van der Waals surface area contributed by atoms with Gasteiger partial charge in [-0.3, -0.25) is 4.79 Å². The van der Waals surface area contributed by atoms with E-state index in [1.807, 2.05) is 13.0 Å². The van der Waals surface area contributed by atoms with Gasteiger partial charge in [-0.25, -0.2) is 4.98 Å². The summed E-state index contributed by atoms with van der Waals surface area (Å²) in [7, 11) is 0. The number of thioether (sulfide) groups is 1. The molecule has 0 aliphatic rings. The van der Waals surface area contributed by atoms with E-state index < -0.39 is 0 Å². The summed E-state index contributed by atoms with van der Waals surface area (Å²) >= 11 is 3.08. The first kappa shape index (κ1) is 14.6. The Morgan fingerprint density at radius 2 is 2.16 bits per heavy atom. The molecule has 0 aromatic carbocycles. The lowest BCUT2D eigenvalue weighted by atomic mass is 9.97. The van der Waals surface area contributed by atoms with E-state index in [-0.39, 0.29) is 11.1 Å². The van der Waals surface area contributed by atoms with Crippen molar-refractivity contribution in [3.63, 3.8) is 0 Å². The molecule has 104 valence electrons. The molecule has 19 heavy (non-hydrogen) atoms. The van der Waals surface area contributed by atoms with Gasteiger partial charge in [0.1, 0.15) is 4.83 Å². The first-order valence-corrected chi connectivity index (χ1v) is 8.20. The third-order valence-corrected chi connectivity index (χ3v) is 5.54. The molecule has 0 aliphatic carbocycles. The van der Waals surface area contributed by atoms with E-state index in [1.54, 1.807) is 11.3 Å². The van der Waals surface area contributed by atoms with Crippen LogP contribution in [-0.2, 0) is 0 Å². The number of hydrogen-bond acceptors (Lipinski definition) is 5. The minimum atomic E-state index is -0.191. The Kier molecular flexibility index (Phi) is 4.32. The van der Waals surface area contributed by atoms with Crippen LogP contribution in [0.4, 0.5) is 0 Å². The molecule has 2 rings (SSSR count). The minimum Gasteiger partial charge on any atom is -0.324 e. The van der Waals surface area contributed by atoms with Gasteiger partial charge in [0.15, 0.2) is 5.16 Å². The number of rotatable bonds is 5. The zero-order valence-electron chi connectivity index (χ0n) is 11.4. The Labute approximate surface area is 120 Å². The SMILES string of the molecule is CCC(N)(CC)CSc1nc2sc(C)cc2c(=O)[nH]1. The van der Waals surface area contributed by atoms with Crippen LogP contribution in [0, 0.1) is 6.92 Å². The van der Waals surface area contributed by atoms with Crippen molar-refractivity contribution in [2.75, 3.05) is 5.75 Å². The smallest absolute Gasteiger partial charge is 0.260 e. The maximum Gasteiger partial charge on any atom is 0.260 e. The highest BCUT2D eigenvalue weighted by molar-refractivity contribution is 7.99. The van der Waals surface area contributed by atoms with Crippen molar-refractivity contribution in [2.24, 2.45) is 5.73 Å². The van der Waals surface area contributed by atoms with Crippen LogP contribution in [0.2, 0.25) is 0 Å². The molecule has 3 N–H and O–H groups in total. The Hall–Kier alpha value is -0.850. The summed E-state index contributed by atoms with van der Waals surface area (Å²) in [6, 6.07) is 1.88. The molecular weight excluding hydrogens is 278 g/mol. The molecule has 0 radical (unpaired) electrons. The molecule has 4 nitrogen and oxygen atoms in total. The Bertz CT molecular complexity index is 628. The Morgan fingerprint density at radius 1 is 1.47 bits per heavy atom. The fourth-order valence-electron chi connectivity index (χ4n) is 1.77. The van der Waals surface area contributed by atoms with Crippen molar-refractivity contribution in [2.45, 2.75) is 44.3 Å². The van der Waals surface area contributed by atoms with Crippen molar-refractivity contribution < 1.29 is 0 Å². The third kappa shape index (κ3) is 3.19. The number of aromatic amines is 1. The number of H-pyrrole nitrogens is 1. The summed E-state index contributed by atoms with van der Waals surface area (Å²) in [5.74, 6) is 0.763. The van der Waals surface area contributed by atoms with E-state index in [9.17, 15) is 4.79 Å². The number of nitrogens with two attached hydrogens (primary N) is 1. The number of aryl methyl sites for hydroxylation is 1. The monoisotopic (exact) mass is 297 g/mol. The summed E-state index contributed by atoms with van der Waals surface area (Å²) in [5, 5.41) is 1.34. The van der Waals surface area contributed by atoms with Crippen LogP contribution in [0.15, 0.2) is 16.0 Å². The maximum atomic E-state index is 11.9. The van der Waals surface area contributed by atoms with Gasteiger partial charge < -0.3 is 10.7 Å². The highest BCUT2D eigenvalue weighted by atomic mass is 32.2. The molecule has 0 unspecified atom stereocenters. The highest BCUT2D eigenvalue weighted by Gasteiger charge is 2.21. The molecule has 0 fully saturated rings. The topological polar surface area (TPSA) is 71.8 Å². The van der Waals surface area contributed by atoms with E-state index in [0.717, 1.165) is 28.3 Å². The summed E-state index contributed by atoms with van der Waals surface area (Å²) in [6.45, 7) is 6.16. The fraction of sp³-hybridized carbons (Fsp3) is 0.538. The van der Waals surface area contributed by atoms with Crippen molar-refractivity contribution in [3.05, 3.63) is 21.3 Å². The van der Waals surface area contributed by atoms with Crippen LogP contribution in [0.1, 0.15) is 31.6 Å². The van der Waals surface area contributed by atoms with Crippen molar-refractivity contribution in [3.8, 4) is 0 Å². The summed E-state index contributed by atoms with van der Waals surface area (Å²) < 4.78 is 0. The average molecular weight is 297 g/mol. The van der Waals surface area contributed by atoms with Crippen LogP contribution in [-0.4, -0.2) is 21.3 Å². The molecular formula is C13H19N3OS2. The van der Waals surface area contributed by atoms with Crippen molar-refractivity contribution >= 4 is 33.3 Å².